The second-order valence-electron chi connectivity index (χ2n) is 5.61. The Kier molecular flexibility index (Phi) is 7.73. The highest BCUT2D eigenvalue weighted by Crippen LogP contribution is 2.30. The van der Waals surface area contributed by atoms with Gasteiger partial charge in [0.1, 0.15) is 12.6 Å². The van der Waals surface area contributed by atoms with Crippen molar-refractivity contribution in [3.63, 3.8) is 0 Å². The quantitative estimate of drug-likeness (QED) is 0.479. The van der Waals surface area contributed by atoms with E-state index < -0.39 is 54.3 Å². The van der Waals surface area contributed by atoms with Crippen LogP contribution in [0.25, 0.3) is 0 Å². The SMILES string of the molecule is COC(=O)CNC(=O)[C@H](C)NC(=O)[C@@H](O)[C@H](N)c1ccc(C(F)(F)F)cc1. The van der Waals surface area contributed by atoms with Gasteiger partial charge in [0, 0.05) is 0 Å². The van der Waals surface area contributed by atoms with Crippen molar-refractivity contribution >= 4 is 17.8 Å². The number of nitrogens with two attached hydrogens (primary N) is 1. The van der Waals surface area contributed by atoms with Crippen LogP contribution in [0.3, 0.4) is 0 Å². The molecule has 8 nitrogen and oxygen atoms in total. The van der Waals surface area contributed by atoms with Gasteiger partial charge < -0.3 is 26.2 Å². The molecule has 11 heteroatoms. The summed E-state index contributed by atoms with van der Waals surface area (Å²) >= 11 is 0. The molecule has 1 aromatic rings. The van der Waals surface area contributed by atoms with Crippen molar-refractivity contribution < 1.29 is 37.4 Å². The van der Waals surface area contributed by atoms with Crippen LogP contribution in [0, 0.1) is 0 Å². The first-order valence-corrected chi connectivity index (χ1v) is 7.73. The number of esters is 1. The van der Waals surface area contributed by atoms with Crippen molar-refractivity contribution in [2.45, 2.75) is 31.3 Å². The maximum Gasteiger partial charge on any atom is 0.416 e. The van der Waals surface area contributed by atoms with Gasteiger partial charge in [0.15, 0.2) is 6.10 Å². The predicted octanol–water partition coefficient (Wildman–Crippen LogP) is -0.140. The smallest absolute Gasteiger partial charge is 0.416 e. The van der Waals surface area contributed by atoms with Crippen molar-refractivity contribution in [3.05, 3.63) is 35.4 Å². The van der Waals surface area contributed by atoms with Gasteiger partial charge in [-0.05, 0) is 24.6 Å². The number of alkyl halides is 3. The van der Waals surface area contributed by atoms with Crippen LogP contribution in [-0.4, -0.2) is 48.7 Å². The molecule has 0 saturated carbocycles. The number of benzene rings is 1. The van der Waals surface area contributed by atoms with Crippen LogP contribution >= 0.6 is 0 Å². The zero-order valence-electron chi connectivity index (χ0n) is 14.5. The minimum atomic E-state index is -4.52. The number of aliphatic hydroxyl groups excluding tert-OH is 1. The lowest BCUT2D eigenvalue weighted by Gasteiger charge is -2.21. The Morgan fingerprint density at radius 3 is 2.22 bits per heavy atom. The number of amides is 2. The zero-order chi connectivity index (χ0) is 20.8. The van der Waals surface area contributed by atoms with Gasteiger partial charge >= 0.3 is 12.1 Å². The number of aliphatic hydroxyl groups is 1. The molecule has 2 amide bonds. The topological polar surface area (TPSA) is 131 Å². The van der Waals surface area contributed by atoms with Crippen LogP contribution in [0.4, 0.5) is 13.2 Å². The minimum Gasteiger partial charge on any atom is -0.468 e. The van der Waals surface area contributed by atoms with Gasteiger partial charge in [-0.1, -0.05) is 12.1 Å². The van der Waals surface area contributed by atoms with Crippen LogP contribution in [-0.2, 0) is 25.3 Å². The molecule has 5 N–H and O–H groups in total. The molecule has 0 aliphatic carbocycles. The third kappa shape index (κ3) is 6.53. The monoisotopic (exact) mass is 391 g/mol. The van der Waals surface area contributed by atoms with Crippen LogP contribution in [0.5, 0.6) is 0 Å². The van der Waals surface area contributed by atoms with E-state index in [1.54, 1.807) is 0 Å². The lowest BCUT2D eigenvalue weighted by Crippen LogP contribution is -2.50. The number of nitrogens with one attached hydrogen (secondary N) is 2. The van der Waals surface area contributed by atoms with E-state index in [2.05, 4.69) is 15.4 Å². The summed E-state index contributed by atoms with van der Waals surface area (Å²) in [6, 6.07) is 1.26. The summed E-state index contributed by atoms with van der Waals surface area (Å²) < 4.78 is 42.0. The van der Waals surface area contributed by atoms with Gasteiger partial charge in [-0.2, -0.15) is 13.2 Å². The number of ether oxygens (including phenoxy) is 1. The second-order valence-corrected chi connectivity index (χ2v) is 5.61. The molecule has 150 valence electrons. The molecule has 0 fully saturated rings. The Bertz CT molecular complexity index is 679. The van der Waals surface area contributed by atoms with Gasteiger partial charge in [-0.3, -0.25) is 14.4 Å². The molecule has 0 saturated heterocycles. The average Bonchev–Trinajstić information content (AvgIpc) is 2.63. The Morgan fingerprint density at radius 2 is 1.74 bits per heavy atom. The number of carbonyl (C=O) groups excluding carboxylic acids is 3. The van der Waals surface area contributed by atoms with Gasteiger partial charge in [0.25, 0.3) is 5.91 Å². The second kappa shape index (κ2) is 9.33. The highest BCUT2D eigenvalue weighted by molar-refractivity contribution is 5.90. The van der Waals surface area contributed by atoms with E-state index in [0.29, 0.717) is 0 Å². The van der Waals surface area contributed by atoms with Crippen molar-refractivity contribution in [2.75, 3.05) is 13.7 Å². The third-order valence-electron chi connectivity index (χ3n) is 3.62. The number of carbonyl (C=O) groups is 3. The molecule has 1 aromatic carbocycles. The van der Waals surface area contributed by atoms with Crippen molar-refractivity contribution in [1.82, 2.24) is 10.6 Å². The number of methoxy groups -OCH3 is 1. The Labute approximate surface area is 152 Å². The number of rotatable bonds is 7. The fourth-order valence-electron chi connectivity index (χ4n) is 1.99. The van der Waals surface area contributed by atoms with E-state index in [4.69, 9.17) is 5.73 Å². The predicted molar refractivity (Wildman–Crippen MR) is 87.0 cm³/mol. The largest absolute Gasteiger partial charge is 0.468 e. The molecule has 0 bridgehead atoms. The van der Waals surface area contributed by atoms with Crippen molar-refractivity contribution in [1.29, 1.82) is 0 Å². The molecule has 0 aliphatic heterocycles. The van der Waals surface area contributed by atoms with Crippen LogP contribution < -0.4 is 16.4 Å². The minimum absolute atomic E-state index is 0.105. The molecular weight excluding hydrogens is 371 g/mol. The summed E-state index contributed by atoms with van der Waals surface area (Å²) in [7, 11) is 1.14. The fraction of sp³-hybridized carbons (Fsp3) is 0.438. The maximum absolute atomic E-state index is 12.6. The van der Waals surface area contributed by atoms with Gasteiger partial charge in [-0.25, -0.2) is 0 Å². The lowest BCUT2D eigenvalue weighted by molar-refractivity contribution is -0.141. The van der Waals surface area contributed by atoms with Crippen molar-refractivity contribution in [3.8, 4) is 0 Å². The molecule has 0 aliphatic rings. The van der Waals surface area contributed by atoms with E-state index in [1.165, 1.54) is 6.92 Å². The Hall–Kier alpha value is -2.66. The Balaban J connectivity index is 2.66. The Morgan fingerprint density at radius 1 is 1.19 bits per heavy atom. The maximum atomic E-state index is 12.6. The summed E-state index contributed by atoms with van der Waals surface area (Å²) in [6.07, 6.45) is -6.33. The summed E-state index contributed by atoms with van der Waals surface area (Å²) in [5.41, 5.74) is 4.92. The first-order chi connectivity index (χ1) is 12.5. The molecule has 1 rings (SSSR count). The first-order valence-electron chi connectivity index (χ1n) is 7.73. The molecule has 3 atom stereocenters. The first kappa shape index (κ1) is 22.4. The zero-order valence-corrected chi connectivity index (χ0v) is 14.5. The van der Waals surface area contributed by atoms with Crippen molar-refractivity contribution in [2.24, 2.45) is 5.73 Å². The van der Waals surface area contributed by atoms with Crippen LogP contribution in [0.1, 0.15) is 24.1 Å². The normalized spacial score (nSPS) is 14.6. The van der Waals surface area contributed by atoms with E-state index in [-0.39, 0.29) is 5.56 Å². The average molecular weight is 391 g/mol. The highest BCUT2D eigenvalue weighted by Gasteiger charge is 2.31. The standard InChI is InChI=1S/C16H20F3N3O5/c1-8(14(25)21-7-11(23)27-2)22-15(26)13(24)12(20)9-3-5-10(6-4-9)16(17,18)19/h3-6,8,12-13,24H,7,20H2,1-2H3,(H,21,25)(H,22,26)/t8-,12+,13-/m0/s1. The molecular formula is C16H20F3N3O5. The highest BCUT2D eigenvalue weighted by atomic mass is 19.4. The van der Waals surface area contributed by atoms with E-state index >= 15 is 0 Å². The lowest BCUT2D eigenvalue weighted by atomic mass is 10.00. The number of hydrogen-bond donors (Lipinski definition) is 4. The van der Waals surface area contributed by atoms with E-state index in [0.717, 1.165) is 31.4 Å². The van der Waals surface area contributed by atoms with Gasteiger partial charge in [0.2, 0.25) is 5.91 Å². The van der Waals surface area contributed by atoms with Gasteiger partial charge in [-0.15, -0.1) is 0 Å². The molecule has 0 unspecified atom stereocenters. The molecule has 0 aromatic heterocycles. The summed E-state index contributed by atoms with van der Waals surface area (Å²) in [5.74, 6) is -2.39. The van der Waals surface area contributed by atoms with Crippen LogP contribution in [0.2, 0.25) is 0 Å². The summed E-state index contributed by atoms with van der Waals surface area (Å²) in [4.78, 5) is 34.7. The van der Waals surface area contributed by atoms with E-state index in [1.807, 2.05) is 0 Å². The molecule has 0 heterocycles. The number of hydrogen-bond acceptors (Lipinski definition) is 6. The fourth-order valence-corrected chi connectivity index (χ4v) is 1.99. The molecule has 0 spiro atoms. The van der Waals surface area contributed by atoms with Gasteiger partial charge in [0.05, 0.1) is 18.7 Å². The summed E-state index contributed by atoms with van der Waals surface area (Å²) in [6.45, 7) is 0.907. The number of halogens is 3. The molecule has 0 radical (unpaired) electrons. The summed E-state index contributed by atoms with van der Waals surface area (Å²) in [5, 5.41) is 14.4. The van der Waals surface area contributed by atoms with E-state index in [9.17, 15) is 32.7 Å². The van der Waals surface area contributed by atoms with Crippen LogP contribution in [0.15, 0.2) is 24.3 Å². The third-order valence-corrected chi connectivity index (χ3v) is 3.62. The molecule has 27 heavy (non-hydrogen) atoms.